The van der Waals surface area contributed by atoms with Gasteiger partial charge in [0.2, 0.25) is 5.91 Å². The zero-order chi connectivity index (χ0) is 16.1. The van der Waals surface area contributed by atoms with Crippen LogP contribution in [0, 0.1) is 0 Å². The second-order valence-electron chi connectivity index (χ2n) is 5.61. The number of pyridine rings is 1. The van der Waals surface area contributed by atoms with Crippen LogP contribution in [0.4, 0.5) is 5.69 Å². The number of aromatic nitrogens is 1. The monoisotopic (exact) mass is 309 g/mol. The fraction of sp³-hybridized carbons (Fsp3) is 0.278. The summed E-state index contributed by atoms with van der Waals surface area (Å²) in [6.45, 7) is 0.610. The molecule has 23 heavy (non-hydrogen) atoms. The van der Waals surface area contributed by atoms with E-state index in [0.29, 0.717) is 24.2 Å². The third-order valence-electron chi connectivity index (χ3n) is 4.02. The van der Waals surface area contributed by atoms with Crippen LogP contribution >= 0.6 is 0 Å². The fourth-order valence-corrected chi connectivity index (χ4v) is 2.86. The number of nitrogens with zero attached hydrogens (tertiary/aromatic N) is 2. The molecule has 0 saturated carbocycles. The second kappa shape index (κ2) is 7.05. The average molecular weight is 309 g/mol. The van der Waals surface area contributed by atoms with Crippen molar-refractivity contribution in [2.75, 3.05) is 11.9 Å². The van der Waals surface area contributed by atoms with Gasteiger partial charge < -0.3 is 10.2 Å². The maximum absolute atomic E-state index is 12.7. The van der Waals surface area contributed by atoms with E-state index in [1.807, 2.05) is 18.2 Å². The van der Waals surface area contributed by atoms with Crippen molar-refractivity contribution in [3.05, 3.63) is 60.4 Å². The Morgan fingerprint density at radius 3 is 2.65 bits per heavy atom. The van der Waals surface area contributed by atoms with Crippen molar-refractivity contribution in [1.29, 1.82) is 0 Å². The lowest BCUT2D eigenvalue weighted by atomic mass is 10.00. The van der Waals surface area contributed by atoms with E-state index in [2.05, 4.69) is 10.3 Å². The van der Waals surface area contributed by atoms with Crippen LogP contribution in [0.15, 0.2) is 54.9 Å². The van der Waals surface area contributed by atoms with Crippen molar-refractivity contribution in [3.63, 3.8) is 0 Å². The van der Waals surface area contributed by atoms with Gasteiger partial charge in [0.05, 0.1) is 11.9 Å². The number of likely N-dealkylation sites (tertiary alicyclic amines) is 1. The van der Waals surface area contributed by atoms with Gasteiger partial charge in [0, 0.05) is 18.3 Å². The molecule has 0 aliphatic carbocycles. The third kappa shape index (κ3) is 3.56. The van der Waals surface area contributed by atoms with E-state index in [9.17, 15) is 9.59 Å². The lowest BCUT2D eigenvalue weighted by molar-refractivity contribution is -0.121. The Labute approximate surface area is 135 Å². The Bertz CT molecular complexity index is 673. The lowest BCUT2D eigenvalue weighted by Gasteiger charge is -2.34. The molecule has 1 fully saturated rings. The van der Waals surface area contributed by atoms with Gasteiger partial charge >= 0.3 is 0 Å². The quantitative estimate of drug-likeness (QED) is 0.948. The molecule has 1 atom stereocenters. The highest BCUT2D eigenvalue weighted by Crippen LogP contribution is 2.21. The summed E-state index contributed by atoms with van der Waals surface area (Å²) in [4.78, 5) is 31.0. The molecule has 1 aromatic heterocycles. The largest absolute Gasteiger partial charge is 0.327 e. The summed E-state index contributed by atoms with van der Waals surface area (Å²) in [6.07, 6.45) is 5.81. The van der Waals surface area contributed by atoms with Gasteiger partial charge in [-0.15, -0.1) is 0 Å². The molecular weight excluding hydrogens is 290 g/mol. The topological polar surface area (TPSA) is 62.3 Å². The smallest absolute Gasteiger partial charge is 0.254 e. The van der Waals surface area contributed by atoms with Crippen LogP contribution < -0.4 is 5.32 Å². The molecule has 2 aromatic rings. The highest BCUT2D eigenvalue weighted by molar-refractivity contribution is 6.01. The fourth-order valence-electron chi connectivity index (χ4n) is 2.86. The molecule has 1 unspecified atom stereocenters. The molecule has 1 saturated heterocycles. The Morgan fingerprint density at radius 1 is 1.09 bits per heavy atom. The number of rotatable bonds is 3. The number of carbonyl (C=O) groups is 2. The minimum Gasteiger partial charge on any atom is -0.327 e. The molecule has 1 aliphatic rings. The molecule has 5 nitrogen and oxygen atoms in total. The number of piperidine rings is 1. The molecule has 1 aromatic carbocycles. The number of amides is 2. The highest BCUT2D eigenvalue weighted by Gasteiger charge is 2.32. The molecule has 0 spiro atoms. The average Bonchev–Trinajstić information content (AvgIpc) is 2.62. The summed E-state index contributed by atoms with van der Waals surface area (Å²) in [7, 11) is 0. The van der Waals surface area contributed by atoms with Gasteiger partial charge in [-0.25, -0.2) is 0 Å². The minimum atomic E-state index is -0.434. The summed E-state index contributed by atoms with van der Waals surface area (Å²) in [6, 6.07) is 12.2. The van der Waals surface area contributed by atoms with Crippen LogP contribution in [0.2, 0.25) is 0 Å². The molecular formula is C18H19N3O2. The first-order chi connectivity index (χ1) is 11.3. The number of anilines is 1. The Kier molecular flexibility index (Phi) is 4.66. The van der Waals surface area contributed by atoms with Gasteiger partial charge in [-0.1, -0.05) is 18.2 Å². The van der Waals surface area contributed by atoms with Crippen LogP contribution in [0.5, 0.6) is 0 Å². The van der Waals surface area contributed by atoms with Crippen molar-refractivity contribution >= 4 is 17.5 Å². The molecule has 1 N–H and O–H groups in total. The molecule has 118 valence electrons. The standard InChI is InChI=1S/C18H19N3O2/c22-17(20-15-9-6-11-19-13-15)16-10-4-5-12-21(16)18(23)14-7-2-1-3-8-14/h1-3,6-9,11,13,16H,4-5,10,12H2,(H,20,22). The van der Waals surface area contributed by atoms with Crippen LogP contribution in [0.3, 0.4) is 0 Å². The molecule has 2 heterocycles. The second-order valence-corrected chi connectivity index (χ2v) is 5.61. The van der Waals surface area contributed by atoms with E-state index in [1.54, 1.807) is 41.6 Å². The molecule has 3 rings (SSSR count). The van der Waals surface area contributed by atoms with E-state index in [-0.39, 0.29) is 11.8 Å². The van der Waals surface area contributed by atoms with E-state index in [1.165, 1.54) is 0 Å². The van der Waals surface area contributed by atoms with Gasteiger partial charge in [0.1, 0.15) is 6.04 Å². The van der Waals surface area contributed by atoms with Gasteiger partial charge in [-0.2, -0.15) is 0 Å². The molecule has 2 amide bonds. The third-order valence-corrected chi connectivity index (χ3v) is 4.02. The first-order valence-corrected chi connectivity index (χ1v) is 7.82. The molecule has 0 bridgehead atoms. The predicted octanol–water partition coefficient (Wildman–Crippen LogP) is 2.72. The van der Waals surface area contributed by atoms with E-state index < -0.39 is 6.04 Å². The summed E-state index contributed by atoms with van der Waals surface area (Å²) in [5, 5.41) is 2.85. The SMILES string of the molecule is O=C(Nc1cccnc1)C1CCCCN1C(=O)c1ccccc1. The summed E-state index contributed by atoms with van der Waals surface area (Å²) < 4.78 is 0. The number of benzene rings is 1. The van der Waals surface area contributed by atoms with E-state index in [0.717, 1.165) is 12.8 Å². The molecule has 0 radical (unpaired) electrons. The predicted molar refractivity (Wildman–Crippen MR) is 88.0 cm³/mol. The Morgan fingerprint density at radius 2 is 1.91 bits per heavy atom. The van der Waals surface area contributed by atoms with Crippen molar-refractivity contribution in [2.24, 2.45) is 0 Å². The lowest BCUT2D eigenvalue weighted by Crippen LogP contribution is -2.50. The number of hydrogen-bond acceptors (Lipinski definition) is 3. The van der Waals surface area contributed by atoms with Crippen molar-refractivity contribution in [1.82, 2.24) is 9.88 Å². The van der Waals surface area contributed by atoms with Crippen LogP contribution in [-0.2, 0) is 4.79 Å². The van der Waals surface area contributed by atoms with Gasteiger partial charge in [0.15, 0.2) is 0 Å². The maximum Gasteiger partial charge on any atom is 0.254 e. The van der Waals surface area contributed by atoms with Gasteiger partial charge in [-0.05, 0) is 43.5 Å². The number of carbonyl (C=O) groups excluding carboxylic acids is 2. The Hall–Kier alpha value is -2.69. The molecule has 5 heteroatoms. The zero-order valence-corrected chi connectivity index (χ0v) is 12.8. The maximum atomic E-state index is 12.7. The number of nitrogens with one attached hydrogen (secondary N) is 1. The first-order valence-electron chi connectivity index (χ1n) is 7.82. The van der Waals surface area contributed by atoms with Crippen LogP contribution in [0.25, 0.3) is 0 Å². The number of hydrogen-bond donors (Lipinski definition) is 1. The van der Waals surface area contributed by atoms with Crippen molar-refractivity contribution < 1.29 is 9.59 Å². The van der Waals surface area contributed by atoms with Crippen LogP contribution in [0.1, 0.15) is 29.6 Å². The van der Waals surface area contributed by atoms with E-state index in [4.69, 9.17) is 0 Å². The van der Waals surface area contributed by atoms with Crippen LogP contribution in [-0.4, -0.2) is 34.3 Å². The molecule has 1 aliphatic heterocycles. The van der Waals surface area contributed by atoms with Gasteiger partial charge in [0.25, 0.3) is 5.91 Å². The van der Waals surface area contributed by atoms with Crippen molar-refractivity contribution in [2.45, 2.75) is 25.3 Å². The first kappa shape index (κ1) is 15.2. The summed E-state index contributed by atoms with van der Waals surface area (Å²) in [5.41, 5.74) is 1.27. The normalized spacial score (nSPS) is 17.6. The van der Waals surface area contributed by atoms with Gasteiger partial charge in [-0.3, -0.25) is 14.6 Å². The highest BCUT2D eigenvalue weighted by atomic mass is 16.2. The summed E-state index contributed by atoms with van der Waals surface area (Å²) in [5.74, 6) is -0.237. The Balaban J connectivity index is 1.76. The summed E-state index contributed by atoms with van der Waals surface area (Å²) >= 11 is 0. The minimum absolute atomic E-state index is 0.0864. The van der Waals surface area contributed by atoms with Crippen molar-refractivity contribution in [3.8, 4) is 0 Å². The zero-order valence-electron chi connectivity index (χ0n) is 12.8. The van der Waals surface area contributed by atoms with E-state index >= 15 is 0 Å².